The average molecular weight is 289 g/mol. The molecule has 21 heavy (non-hydrogen) atoms. The van der Waals surface area contributed by atoms with Crippen molar-refractivity contribution in [3.63, 3.8) is 0 Å². The van der Waals surface area contributed by atoms with E-state index in [1.165, 1.54) is 32.1 Å². The number of hydrogen-bond donors (Lipinski definition) is 1. The molecule has 0 aromatic rings. The highest BCUT2D eigenvalue weighted by atomic mass is 16.5. The lowest BCUT2D eigenvalue weighted by Gasteiger charge is -2.49. The summed E-state index contributed by atoms with van der Waals surface area (Å²) >= 11 is 0. The van der Waals surface area contributed by atoms with Crippen molar-refractivity contribution in [3.05, 3.63) is 0 Å². The lowest BCUT2D eigenvalue weighted by atomic mass is 9.69. The molecule has 5 aliphatic rings. The highest BCUT2D eigenvalue weighted by Crippen LogP contribution is 2.71. The zero-order valence-electron chi connectivity index (χ0n) is 13.5. The van der Waals surface area contributed by atoms with Gasteiger partial charge in [0.05, 0.1) is 5.60 Å². The van der Waals surface area contributed by atoms with Gasteiger partial charge in [-0.25, -0.2) is 0 Å². The Labute approximate surface area is 129 Å². The molecule has 0 radical (unpaired) electrons. The summed E-state index contributed by atoms with van der Waals surface area (Å²) in [5.74, 6) is 6.40. The molecule has 1 N–H and O–H groups in total. The van der Waals surface area contributed by atoms with Crippen molar-refractivity contribution in [3.8, 4) is 0 Å². The van der Waals surface area contributed by atoms with Crippen LogP contribution in [0.2, 0.25) is 0 Å². The number of nitrogens with one attached hydrogen (secondary N) is 1. The third-order valence-corrected chi connectivity index (χ3v) is 7.95. The van der Waals surface area contributed by atoms with Gasteiger partial charge >= 0.3 is 0 Å². The van der Waals surface area contributed by atoms with E-state index in [1.807, 2.05) is 0 Å². The van der Waals surface area contributed by atoms with E-state index in [1.54, 1.807) is 19.3 Å². The maximum absolute atomic E-state index is 6.18. The maximum atomic E-state index is 6.18. The lowest BCUT2D eigenvalue weighted by Crippen LogP contribution is -2.51. The molecular formula is C19H31NO. The smallest absolute Gasteiger partial charge is 0.0685 e. The number of fused-ring (bicyclic) bond motifs is 5. The predicted molar refractivity (Wildman–Crippen MR) is 84.0 cm³/mol. The SMILES string of the molecule is CCNC(C1CCOC2(CCC2)C1)C1C2C3CCC(C3)C21. The van der Waals surface area contributed by atoms with Crippen LogP contribution in [-0.2, 0) is 4.74 Å². The summed E-state index contributed by atoms with van der Waals surface area (Å²) in [5, 5.41) is 3.94. The van der Waals surface area contributed by atoms with Crippen LogP contribution in [0.4, 0.5) is 0 Å². The van der Waals surface area contributed by atoms with Gasteiger partial charge in [0.25, 0.3) is 0 Å². The monoisotopic (exact) mass is 289 g/mol. The van der Waals surface area contributed by atoms with E-state index in [0.29, 0.717) is 5.60 Å². The quantitative estimate of drug-likeness (QED) is 0.853. The van der Waals surface area contributed by atoms with E-state index >= 15 is 0 Å². The van der Waals surface area contributed by atoms with E-state index in [4.69, 9.17) is 4.74 Å². The van der Waals surface area contributed by atoms with Crippen LogP contribution in [0.3, 0.4) is 0 Å². The van der Waals surface area contributed by atoms with Gasteiger partial charge < -0.3 is 10.1 Å². The molecule has 1 saturated heterocycles. The fourth-order valence-corrected chi connectivity index (χ4v) is 7.02. The largest absolute Gasteiger partial charge is 0.375 e. The van der Waals surface area contributed by atoms with Gasteiger partial charge in [0.1, 0.15) is 0 Å². The van der Waals surface area contributed by atoms with Crippen LogP contribution < -0.4 is 5.32 Å². The first-order valence-corrected chi connectivity index (χ1v) is 9.69. The first-order chi connectivity index (χ1) is 10.3. The van der Waals surface area contributed by atoms with Crippen LogP contribution in [0.15, 0.2) is 0 Å². The molecule has 1 spiro atoms. The van der Waals surface area contributed by atoms with Crippen molar-refractivity contribution in [2.75, 3.05) is 13.2 Å². The Morgan fingerprint density at radius 1 is 1.14 bits per heavy atom. The Morgan fingerprint density at radius 3 is 2.52 bits per heavy atom. The molecular weight excluding hydrogens is 258 g/mol. The van der Waals surface area contributed by atoms with Crippen LogP contribution in [0.5, 0.6) is 0 Å². The van der Waals surface area contributed by atoms with Gasteiger partial charge in [0, 0.05) is 12.6 Å². The summed E-state index contributed by atoms with van der Waals surface area (Å²) in [6.07, 6.45) is 11.4. The molecule has 1 aliphatic heterocycles. The Hall–Kier alpha value is -0.0800. The van der Waals surface area contributed by atoms with Gasteiger partial charge in [-0.15, -0.1) is 0 Å². The third kappa shape index (κ3) is 1.91. The molecule has 2 bridgehead atoms. The van der Waals surface area contributed by atoms with Crippen molar-refractivity contribution in [2.24, 2.45) is 35.5 Å². The summed E-state index contributed by atoms with van der Waals surface area (Å²) < 4.78 is 6.18. The van der Waals surface area contributed by atoms with Gasteiger partial charge in [-0.05, 0) is 93.4 Å². The molecule has 4 saturated carbocycles. The zero-order valence-corrected chi connectivity index (χ0v) is 13.5. The molecule has 6 atom stereocenters. The first kappa shape index (κ1) is 13.4. The number of rotatable bonds is 4. The van der Waals surface area contributed by atoms with Crippen molar-refractivity contribution >= 4 is 0 Å². The second kappa shape index (κ2) is 4.71. The van der Waals surface area contributed by atoms with Crippen LogP contribution >= 0.6 is 0 Å². The van der Waals surface area contributed by atoms with Crippen LogP contribution in [-0.4, -0.2) is 24.8 Å². The van der Waals surface area contributed by atoms with E-state index in [9.17, 15) is 0 Å². The Kier molecular flexibility index (Phi) is 3.00. The predicted octanol–water partition coefficient (Wildman–Crippen LogP) is 3.61. The highest BCUT2D eigenvalue weighted by Gasteiger charge is 2.67. The standard InChI is InChI=1S/C19H31NO/c1-2-20-18(14-6-9-21-19(11-14)7-3-8-19)17-15-12-4-5-13(10-12)16(15)17/h12-18,20H,2-11H2,1H3. The topological polar surface area (TPSA) is 21.3 Å². The molecule has 0 aromatic heterocycles. The Morgan fingerprint density at radius 2 is 1.90 bits per heavy atom. The molecule has 0 amide bonds. The van der Waals surface area contributed by atoms with Gasteiger partial charge in [0.15, 0.2) is 0 Å². The summed E-state index contributed by atoms with van der Waals surface area (Å²) in [7, 11) is 0. The van der Waals surface area contributed by atoms with Gasteiger partial charge in [0.2, 0.25) is 0 Å². The Balaban J connectivity index is 1.32. The third-order valence-electron chi connectivity index (χ3n) is 7.95. The van der Waals surface area contributed by atoms with E-state index in [2.05, 4.69) is 12.2 Å². The van der Waals surface area contributed by atoms with Crippen LogP contribution in [0.25, 0.3) is 0 Å². The molecule has 0 aromatic carbocycles. The minimum absolute atomic E-state index is 0.319. The molecule has 1 heterocycles. The highest BCUT2D eigenvalue weighted by molar-refractivity contribution is 5.17. The lowest BCUT2D eigenvalue weighted by molar-refractivity contribution is -0.148. The van der Waals surface area contributed by atoms with Gasteiger partial charge in [-0.2, -0.15) is 0 Å². The number of ether oxygens (including phenoxy) is 1. The minimum atomic E-state index is 0.319. The number of hydrogen-bond acceptors (Lipinski definition) is 2. The molecule has 118 valence electrons. The molecule has 4 aliphatic carbocycles. The van der Waals surface area contributed by atoms with E-state index < -0.39 is 0 Å². The second-order valence-electron chi connectivity index (χ2n) is 8.79. The Bertz CT molecular complexity index is 402. The van der Waals surface area contributed by atoms with Gasteiger partial charge in [-0.3, -0.25) is 0 Å². The normalized spacial score (nSPS) is 50.7. The minimum Gasteiger partial charge on any atom is -0.375 e. The maximum Gasteiger partial charge on any atom is 0.0685 e. The second-order valence-corrected chi connectivity index (χ2v) is 8.79. The summed E-state index contributed by atoms with van der Waals surface area (Å²) in [6.45, 7) is 4.49. The van der Waals surface area contributed by atoms with Crippen LogP contribution in [0.1, 0.15) is 58.3 Å². The molecule has 6 unspecified atom stereocenters. The van der Waals surface area contributed by atoms with Crippen molar-refractivity contribution in [1.29, 1.82) is 0 Å². The van der Waals surface area contributed by atoms with Crippen molar-refractivity contribution < 1.29 is 4.74 Å². The molecule has 2 nitrogen and oxygen atoms in total. The molecule has 5 fully saturated rings. The fraction of sp³-hybridized carbons (Fsp3) is 1.00. The average Bonchev–Trinajstić information content (AvgIpc) is 2.88. The van der Waals surface area contributed by atoms with Crippen molar-refractivity contribution in [2.45, 2.75) is 69.9 Å². The zero-order chi connectivity index (χ0) is 14.0. The van der Waals surface area contributed by atoms with E-state index in [-0.39, 0.29) is 0 Å². The summed E-state index contributed by atoms with van der Waals surface area (Å²) in [4.78, 5) is 0. The molecule has 2 heteroatoms. The summed E-state index contributed by atoms with van der Waals surface area (Å²) in [5.41, 5.74) is 0.319. The fourth-order valence-electron chi connectivity index (χ4n) is 7.02. The van der Waals surface area contributed by atoms with E-state index in [0.717, 1.165) is 54.7 Å². The first-order valence-electron chi connectivity index (χ1n) is 9.69. The summed E-state index contributed by atoms with van der Waals surface area (Å²) in [6, 6.07) is 0.815. The van der Waals surface area contributed by atoms with Crippen LogP contribution in [0, 0.1) is 35.5 Å². The van der Waals surface area contributed by atoms with Crippen molar-refractivity contribution in [1.82, 2.24) is 5.32 Å². The molecule has 5 rings (SSSR count). The van der Waals surface area contributed by atoms with Gasteiger partial charge in [-0.1, -0.05) is 6.92 Å².